The molecule has 0 spiro atoms. The lowest BCUT2D eigenvalue weighted by atomic mass is 9.99. The molecule has 1 N–H and O–H groups in total. The number of likely N-dealkylation sites (tertiary alicyclic amines) is 1. The maximum Gasteiger partial charge on any atom is 0.320 e. The van der Waals surface area contributed by atoms with Crippen LogP contribution in [0.1, 0.15) is 25.7 Å². The zero-order valence-electron chi connectivity index (χ0n) is 9.02. The van der Waals surface area contributed by atoms with Crippen molar-refractivity contribution in [1.82, 2.24) is 4.90 Å². The largest absolute Gasteiger partial charge is 0.480 e. The summed E-state index contributed by atoms with van der Waals surface area (Å²) < 4.78 is 5.11. The van der Waals surface area contributed by atoms with Crippen molar-refractivity contribution >= 4 is 5.97 Å². The number of carboxylic acid groups (broad SMARTS) is 1. The average molecular weight is 213 g/mol. The fourth-order valence-corrected chi connectivity index (χ4v) is 2.34. The molecule has 0 radical (unpaired) electrons. The molecule has 2 aliphatic heterocycles. The van der Waals surface area contributed by atoms with E-state index in [2.05, 4.69) is 4.90 Å². The second kappa shape index (κ2) is 4.94. The lowest BCUT2D eigenvalue weighted by molar-refractivity contribution is -0.144. The Morgan fingerprint density at radius 3 is 2.80 bits per heavy atom. The average Bonchev–Trinajstić information content (AvgIpc) is 2.16. The summed E-state index contributed by atoms with van der Waals surface area (Å²) in [7, 11) is 0. The van der Waals surface area contributed by atoms with Crippen LogP contribution in [0, 0.1) is 5.92 Å². The van der Waals surface area contributed by atoms with Gasteiger partial charge in [-0.25, -0.2) is 0 Å². The van der Waals surface area contributed by atoms with Crippen LogP contribution in [0.3, 0.4) is 0 Å². The Morgan fingerprint density at radius 2 is 2.20 bits per heavy atom. The van der Waals surface area contributed by atoms with Gasteiger partial charge in [-0.3, -0.25) is 9.69 Å². The van der Waals surface area contributed by atoms with Gasteiger partial charge in [-0.2, -0.15) is 0 Å². The van der Waals surface area contributed by atoms with Crippen molar-refractivity contribution in [3.63, 3.8) is 0 Å². The summed E-state index contributed by atoms with van der Waals surface area (Å²) in [6, 6.07) is -0.236. The van der Waals surface area contributed by atoms with Gasteiger partial charge in [0.25, 0.3) is 0 Å². The number of ether oxygens (including phenoxy) is 1. The first-order valence-electron chi connectivity index (χ1n) is 5.82. The highest BCUT2D eigenvalue weighted by Gasteiger charge is 2.29. The van der Waals surface area contributed by atoms with Crippen LogP contribution in [-0.4, -0.2) is 48.3 Å². The molecule has 0 bridgehead atoms. The standard InChI is InChI=1S/C11H19NO3/c13-11(14)10-3-1-2-5-12(10)6-4-9-7-15-8-9/h9-10H,1-8H2,(H,13,14). The van der Waals surface area contributed by atoms with E-state index in [4.69, 9.17) is 9.84 Å². The fraction of sp³-hybridized carbons (Fsp3) is 0.909. The summed E-state index contributed by atoms with van der Waals surface area (Å²) in [6.45, 7) is 3.60. The smallest absolute Gasteiger partial charge is 0.320 e. The summed E-state index contributed by atoms with van der Waals surface area (Å²) in [5.41, 5.74) is 0. The van der Waals surface area contributed by atoms with E-state index in [9.17, 15) is 4.79 Å². The molecule has 2 aliphatic rings. The summed E-state index contributed by atoms with van der Waals surface area (Å²) >= 11 is 0. The number of carboxylic acids is 1. The van der Waals surface area contributed by atoms with Gasteiger partial charge in [-0.05, 0) is 32.4 Å². The third-order valence-electron chi connectivity index (χ3n) is 3.43. The van der Waals surface area contributed by atoms with E-state index in [1.165, 1.54) is 0 Å². The number of hydrogen-bond acceptors (Lipinski definition) is 3. The predicted molar refractivity (Wildman–Crippen MR) is 55.8 cm³/mol. The minimum absolute atomic E-state index is 0.236. The van der Waals surface area contributed by atoms with Crippen LogP contribution in [0.25, 0.3) is 0 Å². The van der Waals surface area contributed by atoms with Crippen molar-refractivity contribution in [3.05, 3.63) is 0 Å². The van der Waals surface area contributed by atoms with Gasteiger partial charge in [0.1, 0.15) is 6.04 Å². The van der Waals surface area contributed by atoms with Crippen LogP contribution >= 0.6 is 0 Å². The molecule has 15 heavy (non-hydrogen) atoms. The Labute approximate surface area is 90.2 Å². The number of carbonyl (C=O) groups is 1. The Bertz CT molecular complexity index is 228. The molecule has 4 heteroatoms. The summed E-state index contributed by atoms with van der Waals surface area (Å²) in [4.78, 5) is 13.2. The lowest BCUT2D eigenvalue weighted by Crippen LogP contribution is -2.46. The normalized spacial score (nSPS) is 28.7. The van der Waals surface area contributed by atoms with Crippen molar-refractivity contribution < 1.29 is 14.6 Å². The van der Waals surface area contributed by atoms with E-state index in [0.717, 1.165) is 52.0 Å². The van der Waals surface area contributed by atoms with Crippen molar-refractivity contribution in [1.29, 1.82) is 0 Å². The number of aliphatic carboxylic acids is 1. The topological polar surface area (TPSA) is 49.8 Å². The number of rotatable bonds is 4. The third kappa shape index (κ3) is 2.69. The third-order valence-corrected chi connectivity index (χ3v) is 3.43. The molecular weight excluding hydrogens is 194 g/mol. The monoisotopic (exact) mass is 213 g/mol. The molecule has 2 fully saturated rings. The molecule has 86 valence electrons. The highest BCUT2D eigenvalue weighted by molar-refractivity contribution is 5.73. The van der Waals surface area contributed by atoms with Crippen molar-refractivity contribution in [2.45, 2.75) is 31.7 Å². The minimum atomic E-state index is -0.653. The maximum atomic E-state index is 11.0. The van der Waals surface area contributed by atoms with E-state index >= 15 is 0 Å². The van der Waals surface area contributed by atoms with Gasteiger partial charge in [0, 0.05) is 5.92 Å². The van der Waals surface area contributed by atoms with Crippen LogP contribution in [0.15, 0.2) is 0 Å². The minimum Gasteiger partial charge on any atom is -0.480 e. The first-order valence-corrected chi connectivity index (χ1v) is 5.82. The summed E-state index contributed by atoms with van der Waals surface area (Å²) in [5, 5.41) is 9.08. The number of piperidine rings is 1. The van der Waals surface area contributed by atoms with Gasteiger partial charge >= 0.3 is 5.97 Å². The van der Waals surface area contributed by atoms with Gasteiger partial charge in [0.05, 0.1) is 13.2 Å². The molecule has 0 saturated carbocycles. The highest BCUT2D eigenvalue weighted by atomic mass is 16.5. The van der Waals surface area contributed by atoms with Crippen LogP contribution in [0.5, 0.6) is 0 Å². The molecule has 0 amide bonds. The van der Waals surface area contributed by atoms with E-state index in [1.807, 2.05) is 0 Å². The Hall–Kier alpha value is -0.610. The number of nitrogens with zero attached hydrogens (tertiary/aromatic N) is 1. The molecule has 0 aromatic rings. The second-order valence-corrected chi connectivity index (χ2v) is 4.58. The Kier molecular flexibility index (Phi) is 3.59. The van der Waals surface area contributed by atoms with Gasteiger partial charge in [-0.1, -0.05) is 6.42 Å². The molecule has 2 heterocycles. The zero-order valence-corrected chi connectivity index (χ0v) is 9.02. The van der Waals surface area contributed by atoms with Crippen molar-refractivity contribution in [2.75, 3.05) is 26.3 Å². The quantitative estimate of drug-likeness (QED) is 0.755. The molecule has 1 unspecified atom stereocenters. The van der Waals surface area contributed by atoms with E-state index in [-0.39, 0.29) is 6.04 Å². The lowest BCUT2D eigenvalue weighted by Gasteiger charge is -2.35. The summed E-state index contributed by atoms with van der Waals surface area (Å²) in [6.07, 6.45) is 4.10. The first kappa shape index (κ1) is 10.9. The molecule has 0 aliphatic carbocycles. The van der Waals surface area contributed by atoms with Crippen molar-refractivity contribution in [3.8, 4) is 0 Å². The van der Waals surface area contributed by atoms with E-state index in [0.29, 0.717) is 5.92 Å². The van der Waals surface area contributed by atoms with Crippen LogP contribution in [-0.2, 0) is 9.53 Å². The van der Waals surface area contributed by atoms with Gasteiger partial charge in [0.2, 0.25) is 0 Å². The van der Waals surface area contributed by atoms with Crippen LogP contribution in [0.2, 0.25) is 0 Å². The van der Waals surface area contributed by atoms with Gasteiger partial charge < -0.3 is 9.84 Å². The van der Waals surface area contributed by atoms with Gasteiger partial charge in [-0.15, -0.1) is 0 Å². The maximum absolute atomic E-state index is 11.0. The van der Waals surface area contributed by atoms with Crippen LogP contribution in [0.4, 0.5) is 0 Å². The van der Waals surface area contributed by atoms with Crippen LogP contribution < -0.4 is 0 Å². The highest BCUT2D eigenvalue weighted by Crippen LogP contribution is 2.20. The molecule has 4 nitrogen and oxygen atoms in total. The SMILES string of the molecule is O=C(O)C1CCCCN1CCC1COC1. The molecule has 2 rings (SSSR count). The van der Waals surface area contributed by atoms with Crippen molar-refractivity contribution in [2.24, 2.45) is 5.92 Å². The zero-order chi connectivity index (χ0) is 10.7. The van der Waals surface area contributed by atoms with Gasteiger partial charge in [0.15, 0.2) is 0 Å². The molecule has 0 aromatic heterocycles. The summed E-state index contributed by atoms with van der Waals surface area (Å²) in [5.74, 6) is 0.0148. The molecule has 0 aromatic carbocycles. The predicted octanol–water partition coefficient (Wildman–Crippen LogP) is 0.962. The molecular formula is C11H19NO3. The van der Waals surface area contributed by atoms with E-state index in [1.54, 1.807) is 0 Å². The first-order chi connectivity index (χ1) is 7.27. The fourth-order valence-electron chi connectivity index (χ4n) is 2.34. The number of hydrogen-bond donors (Lipinski definition) is 1. The van der Waals surface area contributed by atoms with E-state index < -0.39 is 5.97 Å². The molecule has 1 atom stereocenters. The molecule has 2 saturated heterocycles. The Morgan fingerprint density at radius 1 is 1.40 bits per heavy atom. The Balaban J connectivity index is 1.78. The second-order valence-electron chi connectivity index (χ2n) is 4.58.